The van der Waals surface area contributed by atoms with Crippen molar-refractivity contribution < 1.29 is 29.5 Å². The number of hydrogen-bond acceptors (Lipinski definition) is 2. The SMILES string of the molecule is OB(O)c1ccc(Br)c(Br)c1Br.[Zn]. The van der Waals surface area contributed by atoms with Crippen LogP contribution in [0.25, 0.3) is 0 Å². The van der Waals surface area contributed by atoms with E-state index in [1.54, 1.807) is 12.1 Å². The van der Waals surface area contributed by atoms with E-state index in [2.05, 4.69) is 47.8 Å². The summed E-state index contributed by atoms with van der Waals surface area (Å²) in [6.45, 7) is 0. The standard InChI is InChI=1S/C6H4BBr3O2.Zn/c8-4-2-1-3(7(11)12)5(9)6(4)10;/h1-2,11-12H;. The number of halogens is 3. The molecular formula is C6H4BBr3O2Zn. The van der Waals surface area contributed by atoms with Crippen LogP contribution in [0.4, 0.5) is 0 Å². The van der Waals surface area contributed by atoms with Crippen molar-refractivity contribution in [1.82, 2.24) is 0 Å². The summed E-state index contributed by atoms with van der Waals surface area (Å²) < 4.78 is 2.28. The van der Waals surface area contributed by atoms with Crippen LogP contribution < -0.4 is 5.46 Å². The van der Waals surface area contributed by atoms with Gasteiger partial charge in [-0.3, -0.25) is 0 Å². The first kappa shape index (κ1) is 14.3. The van der Waals surface area contributed by atoms with E-state index in [4.69, 9.17) is 10.0 Å². The smallest absolute Gasteiger partial charge is 0.423 e. The van der Waals surface area contributed by atoms with E-state index in [1.165, 1.54) is 0 Å². The molecule has 0 fully saturated rings. The van der Waals surface area contributed by atoms with E-state index in [0.29, 0.717) is 9.94 Å². The summed E-state index contributed by atoms with van der Waals surface area (Å²) in [7, 11) is -1.45. The van der Waals surface area contributed by atoms with Crippen molar-refractivity contribution in [2.24, 2.45) is 0 Å². The normalized spacial score (nSPS) is 9.31. The van der Waals surface area contributed by atoms with Crippen LogP contribution >= 0.6 is 47.8 Å². The molecule has 1 aromatic carbocycles. The van der Waals surface area contributed by atoms with Gasteiger partial charge in [-0.25, -0.2) is 0 Å². The van der Waals surface area contributed by atoms with Gasteiger partial charge >= 0.3 is 7.12 Å². The fourth-order valence-corrected chi connectivity index (χ4v) is 2.25. The fraction of sp³-hybridized carbons (Fsp3) is 0. The predicted molar refractivity (Wildman–Crippen MR) is 59.4 cm³/mol. The molecule has 0 saturated heterocycles. The topological polar surface area (TPSA) is 40.5 Å². The third kappa shape index (κ3) is 3.40. The zero-order valence-corrected chi connectivity index (χ0v) is 14.2. The third-order valence-corrected chi connectivity index (χ3v) is 4.75. The van der Waals surface area contributed by atoms with Crippen molar-refractivity contribution in [1.29, 1.82) is 0 Å². The van der Waals surface area contributed by atoms with Gasteiger partial charge in [0.15, 0.2) is 0 Å². The average Bonchev–Trinajstić information content (AvgIpc) is 2.00. The van der Waals surface area contributed by atoms with Crippen LogP contribution in [0.1, 0.15) is 0 Å². The molecule has 1 rings (SSSR count). The minimum atomic E-state index is -1.45. The molecule has 2 N–H and O–H groups in total. The van der Waals surface area contributed by atoms with Gasteiger partial charge in [-0.2, -0.15) is 0 Å². The Balaban J connectivity index is 0.00000144. The van der Waals surface area contributed by atoms with Crippen molar-refractivity contribution in [3.63, 3.8) is 0 Å². The quantitative estimate of drug-likeness (QED) is 0.532. The summed E-state index contributed by atoms with van der Waals surface area (Å²) in [6.07, 6.45) is 0. The van der Waals surface area contributed by atoms with Gasteiger partial charge < -0.3 is 10.0 Å². The molecule has 7 heteroatoms. The molecule has 0 aromatic heterocycles. The summed E-state index contributed by atoms with van der Waals surface area (Å²) in [5, 5.41) is 17.8. The predicted octanol–water partition coefficient (Wildman–Crippen LogP) is 1.65. The molecule has 0 unspecified atom stereocenters. The molecule has 0 aliphatic rings. The van der Waals surface area contributed by atoms with Gasteiger partial charge in [-0.15, -0.1) is 0 Å². The van der Waals surface area contributed by atoms with Crippen LogP contribution in [0.2, 0.25) is 0 Å². The zero-order valence-electron chi connectivity index (χ0n) is 6.47. The average molecular weight is 424 g/mol. The Labute approximate surface area is 114 Å². The Morgan fingerprint density at radius 2 is 1.54 bits per heavy atom. The molecule has 0 aliphatic carbocycles. The van der Waals surface area contributed by atoms with Crippen LogP contribution in [0.15, 0.2) is 25.6 Å². The Morgan fingerprint density at radius 1 is 1.00 bits per heavy atom. The first-order valence-electron chi connectivity index (χ1n) is 3.03. The van der Waals surface area contributed by atoms with Gasteiger partial charge in [0.2, 0.25) is 0 Å². The fourth-order valence-electron chi connectivity index (χ4n) is 0.740. The van der Waals surface area contributed by atoms with E-state index in [0.717, 1.165) is 8.95 Å². The van der Waals surface area contributed by atoms with E-state index >= 15 is 0 Å². The molecule has 0 amide bonds. The van der Waals surface area contributed by atoms with Crippen LogP contribution in [-0.2, 0) is 19.5 Å². The van der Waals surface area contributed by atoms with E-state index < -0.39 is 7.12 Å². The van der Waals surface area contributed by atoms with Crippen LogP contribution in [-0.4, -0.2) is 17.2 Å². The van der Waals surface area contributed by atoms with Gasteiger partial charge in [0.25, 0.3) is 0 Å². The second-order valence-electron chi connectivity index (χ2n) is 2.14. The van der Waals surface area contributed by atoms with Crippen LogP contribution in [0.5, 0.6) is 0 Å². The van der Waals surface area contributed by atoms with Crippen molar-refractivity contribution in [3.8, 4) is 0 Å². The molecule has 0 heterocycles. The Morgan fingerprint density at radius 3 is 2.00 bits per heavy atom. The first-order chi connectivity index (χ1) is 5.54. The zero-order chi connectivity index (χ0) is 9.30. The number of benzene rings is 1. The molecule has 1 aromatic rings. The second kappa shape index (κ2) is 5.98. The number of hydrogen-bond donors (Lipinski definition) is 2. The number of rotatable bonds is 1. The summed E-state index contributed by atoms with van der Waals surface area (Å²) in [6, 6.07) is 3.37. The molecule has 0 saturated carbocycles. The van der Waals surface area contributed by atoms with E-state index in [9.17, 15) is 0 Å². The van der Waals surface area contributed by atoms with Gasteiger partial charge in [0, 0.05) is 32.9 Å². The Kier molecular flexibility index (Phi) is 6.57. The molecule has 0 aliphatic heterocycles. The molecule has 0 radical (unpaired) electrons. The van der Waals surface area contributed by atoms with Gasteiger partial charge in [-0.1, -0.05) is 6.07 Å². The molecule has 13 heavy (non-hydrogen) atoms. The van der Waals surface area contributed by atoms with Crippen molar-refractivity contribution in [3.05, 3.63) is 25.6 Å². The second-order valence-corrected chi connectivity index (χ2v) is 4.58. The van der Waals surface area contributed by atoms with Crippen molar-refractivity contribution in [2.45, 2.75) is 0 Å². The van der Waals surface area contributed by atoms with Crippen LogP contribution in [0.3, 0.4) is 0 Å². The minimum absolute atomic E-state index is 0. The maximum atomic E-state index is 8.91. The van der Waals surface area contributed by atoms with Crippen LogP contribution in [0, 0.1) is 0 Å². The van der Waals surface area contributed by atoms with E-state index in [1.807, 2.05) is 0 Å². The molecule has 66 valence electrons. The van der Waals surface area contributed by atoms with Gasteiger partial charge in [0.05, 0.1) is 0 Å². The molecule has 0 bridgehead atoms. The molecule has 2 nitrogen and oxygen atoms in total. The summed E-state index contributed by atoms with van der Waals surface area (Å²) in [4.78, 5) is 0. The molecule has 0 spiro atoms. The van der Waals surface area contributed by atoms with Gasteiger partial charge in [0.1, 0.15) is 0 Å². The monoisotopic (exact) mass is 420 g/mol. The van der Waals surface area contributed by atoms with Crippen molar-refractivity contribution in [2.75, 3.05) is 0 Å². The van der Waals surface area contributed by atoms with Gasteiger partial charge in [-0.05, 0) is 59.3 Å². The Hall–Kier alpha value is 1.27. The third-order valence-electron chi connectivity index (χ3n) is 1.34. The first-order valence-corrected chi connectivity index (χ1v) is 5.41. The summed E-state index contributed by atoms with van der Waals surface area (Å²) >= 11 is 9.81. The van der Waals surface area contributed by atoms with Crippen molar-refractivity contribution >= 4 is 60.4 Å². The largest absolute Gasteiger partial charge is 0.489 e. The minimum Gasteiger partial charge on any atom is -0.423 e. The van der Waals surface area contributed by atoms with E-state index in [-0.39, 0.29) is 19.5 Å². The maximum Gasteiger partial charge on any atom is 0.489 e. The summed E-state index contributed by atoms with van der Waals surface area (Å²) in [5.41, 5.74) is 0.435. The Bertz CT molecular complexity index is 308. The maximum absolute atomic E-state index is 8.91. The molecular weight excluding hydrogens is 420 g/mol. The summed E-state index contributed by atoms with van der Waals surface area (Å²) in [5.74, 6) is 0. The molecule has 0 atom stereocenters.